The minimum Gasteiger partial charge on any atom is -0.367 e. The third-order valence-electron chi connectivity index (χ3n) is 2.45. The van der Waals surface area contributed by atoms with Gasteiger partial charge in [-0.25, -0.2) is 0 Å². The van der Waals surface area contributed by atoms with Crippen molar-refractivity contribution in [2.24, 2.45) is 0 Å². The summed E-state index contributed by atoms with van der Waals surface area (Å²) in [7, 11) is 0. The van der Waals surface area contributed by atoms with Crippen LogP contribution in [-0.2, 0) is 13.1 Å². The third-order valence-corrected chi connectivity index (χ3v) is 2.45. The van der Waals surface area contributed by atoms with Crippen LogP contribution in [-0.4, -0.2) is 9.97 Å². The number of nitrogens with zero attached hydrogens (tertiary/aromatic N) is 1. The predicted molar refractivity (Wildman–Crippen MR) is 60.3 cm³/mol. The van der Waals surface area contributed by atoms with Gasteiger partial charge < -0.3 is 10.3 Å². The van der Waals surface area contributed by atoms with E-state index in [1.807, 2.05) is 30.9 Å². The number of hydrogen-bond acceptors (Lipinski definition) is 2. The number of H-pyrrole nitrogens is 1. The molecule has 78 valence electrons. The standard InChI is InChI=1S/C12H15N3/c1-10-2-4-14-8-12(10)9-15-7-11-3-5-13-6-11/h2-6,8,13,15H,7,9H2,1H3. The van der Waals surface area contributed by atoms with Crippen LogP contribution in [0.1, 0.15) is 16.7 Å². The summed E-state index contributed by atoms with van der Waals surface area (Å²) in [5, 5.41) is 3.38. The smallest absolute Gasteiger partial charge is 0.0315 e. The van der Waals surface area contributed by atoms with E-state index in [-0.39, 0.29) is 0 Å². The van der Waals surface area contributed by atoms with Gasteiger partial charge in [0, 0.05) is 37.9 Å². The Balaban J connectivity index is 1.86. The molecule has 0 aliphatic heterocycles. The number of aryl methyl sites for hydroxylation is 1. The maximum Gasteiger partial charge on any atom is 0.0315 e. The molecule has 0 aromatic carbocycles. The van der Waals surface area contributed by atoms with Gasteiger partial charge >= 0.3 is 0 Å². The molecule has 0 amide bonds. The van der Waals surface area contributed by atoms with E-state index >= 15 is 0 Å². The van der Waals surface area contributed by atoms with Crippen LogP contribution < -0.4 is 5.32 Å². The molecule has 2 rings (SSSR count). The summed E-state index contributed by atoms with van der Waals surface area (Å²) in [6.45, 7) is 3.86. The monoisotopic (exact) mass is 201 g/mol. The molecule has 0 fully saturated rings. The van der Waals surface area contributed by atoms with Gasteiger partial charge in [0.05, 0.1) is 0 Å². The van der Waals surface area contributed by atoms with Gasteiger partial charge in [-0.15, -0.1) is 0 Å². The molecule has 0 saturated heterocycles. The van der Waals surface area contributed by atoms with Gasteiger partial charge in [-0.2, -0.15) is 0 Å². The lowest BCUT2D eigenvalue weighted by molar-refractivity contribution is 0.689. The highest BCUT2D eigenvalue weighted by atomic mass is 14.9. The average Bonchev–Trinajstić information content (AvgIpc) is 2.74. The van der Waals surface area contributed by atoms with E-state index in [2.05, 4.69) is 28.3 Å². The zero-order valence-electron chi connectivity index (χ0n) is 8.83. The molecule has 2 N–H and O–H groups in total. The van der Waals surface area contributed by atoms with Gasteiger partial charge in [-0.1, -0.05) is 0 Å². The summed E-state index contributed by atoms with van der Waals surface area (Å²) in [5.74, 6) is 0. The number of aromatic amines is 1. The van der Waals surface area contributed by atoms with Crippen molar-refractivity contribution in [3.8, 4) is 0 Å². The minimum atomic E-state index is 0.866. The van der Waals surface area contributed by atoms with Gasteiger partial charge in [0.25, 0.3) is 0 Å². The van der Waals surface area contributed by atoms with Gasteiger partial charge in [0.1, 0.15) is 0 Å². The predicted octanol–water partition coefficient (Wildman–Crippen LogP) is 2.01. The number of hydrogen-bond donors (Lipinski definition) is 2. The van der Waals surface area contributed by atoms with Crippen molar-refractivity contribution in [1.29, 1.82) is 0 Å². The summed E-state index contributed by atoms with van der Waals surface area (Å²) in [6, 6.07) is 4.11. The summed E-state index contributed by atoms with van der Waals surface area (Å²) in [4.78, 5) is 7.15. The Labute approximate surface area is 89.6 Å². The number of pyridine rings is 1. The fourth-order valence-electron chi connectivity index (χ4n) is 1.49. The van der Waals surface area contributed by atoms with Crippen LogP contribution in [0, 0.1) is 6.92 Å². The lowest BCUT2D eigenvalue weighted by Gasteiger charge is -2.05. The Morgan fingerprint density at radius 3 is 3.00 bits per heavy atom. The van der Waals surface area contributed by atoms with E-state index in [0.29, 0.717) is 0 Å². The van der Waals surface area contributed by atoms with Crippen LogP contribution in [0.3, 0.4) is 0 Å². The largest absolute Gasteiger partial charge is 0.367 e. The van der Waals surface area contributed by atoms with Crippen molar-refractivity contribution < 1.29 is 0 Å². The molecule has 0 unspecified atom stereocenters. The van der Waals surface area contributed by atoms with Crippen LogP contribution in [0.4, 0.5) is 0 Å². The Hall–Kier alpha value is -1.61. The molecular weight excluding hydrogens is 186 g/mol. The molecule has 0 atom stereocenters. The molecule has 0 radical (unpaired) electrons. The van der Waals surface area contributed by atoms with Crippen LogP contribution in [0.5, 0.6) is 0 Å². The molecule has 0 aliphatic rings. The second-order valence-corrected chi connectivity index (χ2v) is 3.62. The van der Waals surface area contributed by atoms with Gasteiger partial charge in [-0.05, 0) is 35.7 Å². The average molecular weight is 201 g/mol. The van der Waals surface area contributed by atoms with E-state index in [1.165, 1.54) is 16.7 Å². The van der Waals surface area contributed by atoms with Gasteiger partial charge in [0.15, 0.2) is 0 Å². The first kappa shape index (κ1) is 9.93. The zero-order valence-corrected chi connectivity index (χ0v) is 8.83. The maximum atomic E-state index is 4.11. The molecular formula is C12H15N3. The molecule has 2 aromatic heterocycles. The molecule has 0 spiro atoms. The number of nitrogens with one attached hydrogen (secondary N) is 2. The van der Waals surface area contributed by atoms with E-state index in [9.17, 15) is 0 Å². The molecule has 15 heavy (non-hydrogen) atoms. The van der Waals surface area contributed by atoms with Gasteiger partial charge in [-0.3, -0.25) is 4.98 Å². The molecule has 3 heteroatoms. The van der Waals surface area contributed by atoms with Crippen molar-refractivity contribution in [2.75, 3.05) is 0 Å². The Morgan fingerprint density at radius 2 is 2.27 bits per heavy atom. The Bertz CT molecular complexity index is 407. The number of aromatic nitrogens is 2. The quantitative estimate of drug-likeness (QED) is 0.794. The minimum absolute atomic E-state index is 0.866. The SMILES string of the molecule is Cc1ccncc1CNCc1cc[nH]c1. The second kappa shape index (κ2) is 4.75. The molecule has 2 aromatic rings. The number of rotatable bonds is 4. The first-order chi connectivity index (χ1) is 7.36. The topological polar surface area (TPSA) is 40.7 Å². The summed E-state index contributed by atoms with van der Waals surface area (Å²) in [5.41, 5.74) is 3.82. The Morgan fingerprint density at radius 1 is 1.33 bits per heavy atom. The molecule has 2 heterocycles. The molecule has 0 aliphatic carbocycles. The fraction of sp³-hybridized carbons (Fsp3) is 0.250. The van der Waals surface area contributed by atoms with Crippen molar-refractivity contribution in [2.45, 2.75) is 20.0 Å². The normalized spacial score (nSPS) is 10.5. The van der Waals surface area contributed by atoms with E-state index < -0.39 is 0 Å². The van der Waals surface area contributed by atoms with Crippen LogP contribution in [0.2, 0.25) is 0 Å². The fourth-order valence-corrected chi connectivity index (χ4v) is 1.49. The molecule has 3 nitrogen and oxygen atoms in total. The zero-order chi connectivity index (χ0) is 10.5. The van der Waals surface area contributed by atoms with Crippen LogP contribution >= 0.6 is 0 Å². The lowest BCUT2D eigenvalue weighted by atomic mass is 10.1. The highest BCUT2D eigenvalue weighted by Crippen LogP contribution is 2.04. The van der Waals surface area contributed by atoms with E-state index in [1.54, 1.807) is 0 Å². The van der Waals surface area contributed by atoms with Gasteiger partial charge in [0.2, 0.25) is 0 Å². The van der Waals surface area contributed by atoms with E-state index in [4.69, 9.17) is 0 Å². The van der Waals surface area contributed by atoms with Crippen molar-refractivity contribution >= 4 is 0 Å². The highest BCUT2D eigenvalue weighted by Gasteiger charge is 1.97. The van der Waals surface area contributed by atoms with Crippen molar-refractivity contribution in [1.82, 2.24) is 15.3 Å². The Kier molecular flexibility index (Phi) is 3.15. The summed E-state index contributed by atoms with van der Waals surface area (Å²) < 4.78 is 0. The van der Waals surface area contributed by atoms with Crippen molar-refractivity contribution in [3.05, 3.63) is 53.6 Å². The third kappa shape index (κ3) is 2.67. The molecule has 0 bridgehead atoms. The lowest BCUT2D eigenvalue weighted by Crippen LogP contribution is -2.13. The first-order valence-corrected chi connectivity index (χ1v) is 5.08. The second-order valence-electron chi connectivity index (χ2n) is 3.62. The summed E-state index contributed by atoms with van der Waals surface area (Å²) >= 11 is 0. The highest BCUT2D eigenvalue weighted by molar-refractivity contribution is 5.21. The summed E-state index contributed by atoms with van der Waals surface area (Å²) in [6.07, 6.45) is 7.68. The van der Waals surface area contributed by atoms with E-state index in [0.717, 1.165) is 13.1 Å². The van der Waals surface area contributed by atoms with Crippen LogP contribution in [0.25, 0.3) is 0 Å². The van der Waals surface area contributed by atoms with Crippen molar-refractivity contribution in [3.63, 3.8) is 0 Å². The maximum absolute atomic E-state index is 4.11. The molecule has 0 saturated carbocycles. The first-order valence-electron chi connectivity index (χ1n) is 5.08. The van der Waals surface area contributed by atoms with Crippen LogP contribution in [0.15, 0.2) is 36.9 Å².